The summed E-state index contributed by atoms with van der Waals surface area (Å²) in [5.41, 5.74) is 1.22. The van der Waals surface area contributed by atoms with Crippen molar-refractivity contribution >= 4 is 12.0 Å². The van der Waals surface area contributed by atoms with E-state index in [9.17, 15) is 14.7 Å². The van der Waals surface area contributed by atoms with Gasteiger partial charge in [-0.3, -0.25) is 9.63 Å². The van der Waals surface area contributed by atoms with Crippen molar-refractivity contribution in [2.75, 3.05) is 0 Å². The molecule has 3 N–H and O–H groups in total. The van der Waals surface area contributed by atoms with Gasteiger partial charge < -0.3 is 15.2 Å². The van der Waals surface area contributed by atoms with Crippen LogP contribution in [0.2, 0.25) is 0 Å². The van der Waals surface area contributed by atoms with Gasteiger partial charge in [-0.2, -0.15) is 0 Å². The van der Waals surface area contributed by atoms with Crippen LogP contribution in [0.25, 0.3) is 0 Å². The molecule has 1 fully saturated rings. The lowest BCUT2D eigenvalue weighted by atomic mass is 9.92. The van der Waals surface area contributed by atoms with Crippen LogP contribution in [0.5, 0.6) is 0 Å². The molecule has 1 unspecified atom stereocenters. The zero-order chi connectivity index (χ0) is 19.2. The van der Waals surface area contributed by atoms with E-state index < -0.39 is 29.2 Å². The van der Waals surface area contributed by atoms with E-state index >= 15 is 0 Å². The summed E-state index contributed by atoms with van der Waals surface area (Å²) in [6.07, 6.45) is 1.70. The van der Waals surface area contributed by atoms with Crippen molar-refractivity contribution in [3.05, 3.63) is 35.9 Å². The van der Waals surface area contributed by atoms with Crippen molar-refractivity contribution in [2.45, 2.75) is 70.3 Å². The topological polar surface area (TPSA) is 96.9 Å². The van der Waals surface area contributed by atoms with Gasteiger partial charge in [0.2, 0.25) is 0 Å². The molecule has 7 heteroatoms. The minimum atomic E-state index is -1.31. The third-order valence-electron chi connectivity index (χ3n) is 4.18. The van der Waals surface area contributed by atoms with Crippen LogP contribution in [0.1, 0.15) is 52.0 Å². The fourth-order valence-corrected chi connectivity index (χ4v) is 2.97. The molecule has 0 heterocycles. The van der Waals surface area contributed by atoms with Gasteiger partial charge in [0, 0.05) is 0 Å². The number of nitrogens with one attached hydrogen (secondary N) is 2. The summed E-state index contributed by atoms with van der Waals surface area (Å²) in [4.78, 5) is 29.9. The third kappa shape index (κ3) is 6.00. The maximum absolute atomic E-state index is 12.6. The van der Waals surface area contributed by atoms with Gasteiger partial charge in [0.05, 0.1) is 12.2 Å². The van der Waals surface area contributed by atoms with E-state index in [4.69, 9.17) is 9.57 Å². The highest BCUT2D eigenvalue weighted by atomic mass is 16.7. The Kier molecular flexibility index (Phi) is 6.61. The monoisotopic (exact) mass is 364 g/mol. The van der Waals surface area contributed by atoms with E-state index in [1.165, 1.54) is 0 Å². The molecule has 144 valence electrons. The quantitative estimate of drug-likeness (QED) is 0.674. The molecular weight excluding hydrogens is 336 g/mol. The minimum Gasteiger partial charge on any atom is -0.444 e. The smallest absolute Gasteiger partial charge is 0.408 e. The van der Waals surface area contributed by atoms with Crippen molar-refractivity contribution < 1.29 is 24.3 Å². The molecule has 7 nitrogen and oxygen atoms in total. The first kappa shape index (κ1) is 20.2. The summed E-state index contributed by atoms with van der Waals surface area (Å²) in [5, 5.41) is 13.3. The predicted octanol–water partition coefficient (Wildman–Crippen LogP) is 2.43. The fraction of sp³-hybridized carbons (Fsp3) is 0.579. The second-order valence-electron chi connectivity index (χ2n) is 7.63. The average Bonchev–Trinajstić information content (AvgIpc) is 2.99. The zero-order valence-corrected chi connectivity index (χ0v) is 15.6. The standard InChI is InChI=1S/C19H28N2O5/c1-18(2,3)26-17(23)20-15(19(24)11-7-8-12-19)16(22)21-25-13-14-9-5-4-6-10-14/h4-6,9-10,15,24H,7-8,11-13H2,1-3H3,(H,20,23)(H,21,22). The summed E-state index contributed by atoms with van der Waals surface area (Å²) in [7, 11) is 0. The van der Waals surface area contributed by atoms with Crippen LogP contribution in [0.15, 0.2) is 30.3 Å². The van der Waals surface area contributed by atoms with Gasteiger partial charge in [-0.25, -0.2) is 10.3 Å². The number of rotatable bonds is 6. The molecular formula is C19H28N2O5. The first-order valence-electron chi connectivity index (χ1n) is 8.87. The first-order chi connectivity index (χ1) is 12.2. The van der Waals surface area contributed by atoms with Gasteiger partial charge in [-0.1, -0.05) is 43.2 Å². The highest BCUT2D eigenvalue weighted by molar-refractivity contribution is 5.86. The summed E-state index contributed by atoms with van der Waals surface area (Å²) in [5.74, 6) is -0.601. The first-order valence-corrected chi connectivity index (χ1v) is 8.87. The van der Waals surface area contributed by atoms with Gasteiger partial charge in [0.15, 0.2) is 0 Å². The summed E-state index contributed by atoms with van der Waals surface area (Å²) < 4.78 is 5.21. The summed E-state index contributed by atoms with van der Waals surface area (Å²) in [6, 6.07) is 8.22. The van der Waals surface area contributed by atoms with Gasteiger partial charge in [0.25, 0.3) is 5.91 Å². The molecule has 1 aliphatic carbocycles. The molecule has 1 atom stereocenters. The van der Waals surface area contributed by atoms with Gasteiger partial charge >= 0.3 is 6.09 Å². The molecule has 1 aromatic rings. The molecule has 0 saturated heterocycles. The van der Waals surface area contributed by atoms with E-state index in [-0.39, 0.29) is 6.61 Å². The number of aliphatic hydroxyl groups is 1. The zero-order valence-electron chi connectivity index (χ0n) is 15.6. The van der Waals surface area contributed by atoms with E-state index in [0.717, 1.165) is 18.4 Å². The molecule has 2 rings (SSSR count). The molecule has 2 amide bonds. The van der Waals surface area contributed by atoms with Crippen LogP contribution in [-0.4, -0.2) is 34.4 Å². The number of ether oxygens (including phenoxy) is 1. The molecule has 26 heavy (non-hydrogen) atoms. The number of carbonyl (C=O) groups is 2. The van der Waals surface area contributed by atoms with Crippen LogP contribution < -0.4 is 10.8 Å². The highest BCUT2D eigenvalue weighted by Gasteiger charge is 2.45. The van der Waals surface area contributed by atoms with Crippen molar-refractivity contribution in [2.24, 2.45) is 0 Å². The largest absolute Gasteiger partial charge is 0.444 e. The maximum Gasteiger partial charge on any atom is 0.408 e. The molecule has 0 aliphatic heterocycles. The number of carbonyl (C=O) groups excluding carboxylic acids is 2. The van der Waals surface area contributed by atoms with Gasteiger partial charge in [-0.15, -0.1) is 0 Å². The lowest BCUT2D eigenvalue weighted by Gasteiger charge is -2.32. The molecule has 0 aromatic heterocycles. The highest BCUT2D eigenvalue weighted by Crippen LogP contribution is 2.32. The molecule has 0 spiro atoms. The van der Waals surface area contributed by atoms with Crippen molar-refractivity contribution in [1.29, 1.82) is 0 Å². The molecule has 1 aliphatic rings. The Labute approximate surface area is 154 Å². The van der Waals surface area contributed by atoms with Gasteiger partial charge in [-0.05, 0) is 39.2 Å². The normalized spacial score (nSPS) is 17.4. The Hall–Kier alpha value is -2.12. The predicted molar refractivity (Wildman–Crippen MR) is 95.9 cm³/mol. The molecule has 1 saturated carbocycles. The lowest BCUT2D eigenvalue weighted by molar-refractivity contribution is -0.143. The van der Waals surface area contributed by atoms with Crippen LogP contribution in [0.3, 0.4) is 0 Å². The van der Waals surface area contributed by atoms with E-state index in [1.807, 2.05) is 30.3 Å². The number of amides is 2. The number of hydrogen-bond donors (Lipinski definition) is 3. The Morgan fingerprint density at radius 2 is 1.81 bits per heavy atom. The van der Waals surface area contributed by atoms with E-state index in [2.05, 4.69) is 10.8 Å². The van der Waals surface area contributed by atoms with Crippen molar-refractivity contribution in [3.8, 4) is 0 Å². The molecule has 0 bridgehead atoms. The lowest BCUT2D eigenvalue weighted by Crippen LogP contribution is -2.59. The van der Waals surface area contributed by atoms with Crippen LogP contribution in [0.4, 0.5) is 4.79 Å². The maximum atomic E-state index is 12.6. The third-order valence-corrected chi connectivity index (χ3v) is 4.18. The van der Waals surface area contributed by atoms with Gasteiger partial charge in [0.1, 0.15) is 11.6 Å². The van der Waals surface area contributed by atoms with Crippen LogP contribution in [-0.2, 0) is 21.0 Å². The van der Waals surface area contributed by atoms with Crippen molar-refractivity contribution in [3.63, 3.8) is 0 Å². The average molecular weight is 364 g/mol. The Balaban J connectivity index is 1.98. The van der Waals surface area contributed by atoms with Crippen LogP contribution in [0, 0.1) is 0 Å². The fourth-order valence-electron chi connectivity index (χ4n) is 2.97. The molecule has 0 radical (unpaired) electrons. The number of hydrogen-bond acceptors (Lipinski definition) is 5. The van der Waals surface area contributed by atoms with E-state index in [1.54, 1.807) is 20.8 Å². The van der Waals surface area contributed by atoms with Crippen molar-refractivity contribution in [1.82, 2.24) is 10.8 Å². The molecule has 1 aromatic carbocycles. The SMILES string of the molecule is CC(C)(C)OC(=O)NC(C(=O)NOCc1ccccc1)C1(O)CCCC1. The number of hydroxylamine groups is 1. The second kappa shape index (κ2) is 8.51. The number of alkyl carbamates (subject to hydrolysis) is 1. The second-order valence-corrected chi connectivity index (χ2v) is 7.63. The summed E-state index contributed by atoms with van der Waals surface area (Å²) in [6.45, 7) is 5.38. The Morgan fingerprint density at radius 3 is 2.38 bits per heavy atom. The minimum absolute atomic E-state index is 0.185. The van der Waals surface area contributed by atoms with E-state index in [0.29, 0.717) is 12.8 Å². The number of benzene rings is 1. The Bertz CT molecular complexity index is 606. The van der Waals surface area contributed by atoms with Crippen LogP contribution >= 0.6 is 0 Å². The Morgan fingerprint density at radius 1 is 1.19 bits per heavy atom. The summed E-state index contributed by atoms with van der Waals surface area (Å²) >= 11 is 0.